The first-order chi connectivity index (χ1) is 14.0. The Morgan fingerprint density at radius 2 is 1.87 bits per heavy atom. The molecule has 0 spiro atoms. The first-order valence-electron chi connectivity index (χ1n) is 9.51. The van der Waals surface area contributed by atoms with Crippen LogP contribution in [0.4, 0.5) is 10.5 Å². The number of carbonyl (C=O) groups excluding carboxylic acids is 2. The Morgan fingerprint density at radius 1 is 1.13 bits per heavy atom. The molecule has 2 aromatic carbocycles. The minimum Gasteiger partial charge on any atom is -0.497 e. The van der Waals surface area contributed by atoms with Crippen LogP contribution in [0.1, 0.15) is 29.9 Å². The van der Waals surface area contributed by atoms with Gasteiger partial charge in [-0.3, -0.25) is 4.79 Å². The number of ether oxygens (including phenoxy) is 3. The number of hydrogen-bond acceptors (Lipinski definition) is 6. The number of esters is 1. The summed E-state index contributed by atoms with van der Waals surface area (Å²) in [5, 5.41) is 2.77. The van der Waals surface area contributed by atoms with Crippen molar-refractivity contribution in [3.8, 4) is 11.5 Å². The highest BCUT2D eigenvalue weighted by molar-refractivity contribution is 5.85. The number of likely N-dealkylation sites (N-methyl/N-ethyl adjacent to an activating group) is 1. The van der Waals surface area contributed by atoms with Crippen molar-refractivity contribution >= 4 is 30.2 Å². The summed E-state index contributed by atoms with van der Waals surface area (Å²) in [6.07, 6.45) is 0.445. The minimum atomic E-state index is -0.518. The van der Waals surface area contributed by atoms with Gasteiger partial charge in [0.1, 0.15) is 11.5 Å². The highest BCUT2D eigenvalue weighted by atomic mass is 35.5. The van der Waals surface area contributed by atoms with Gasteiger partial charge < -0.3 is 24.4 Å². The van der Waals surface area contributed by atoms with Crippen LogP contribution in [0.15, 0.2) is 42.5 Å². The molecule has 0 saturated heterocycles. The third kappa shape index (κ3) is 5.57. The van der Waals surface area contributed by atoms with Crippen molar-refractivity contribution < 1.29 is 23.8 Å². The number of benzene rings is 2. The topological polar surface area (TPSA) is 77.1 Å². The third-order valence-electron chi connectivity index (χ3n) is 5.08. The van der Waals surface area contributed by atoms with Crippen LogP contribution >= 0.6 is 12.4 Å². The van der Waals surface area contributed by atoms with E-state index in [0.717, 1.165) is 29.1 Å². The van der Waals surface area contributed by atoms with E-state index in [9.17, 15) is 9.59 Å². The molecule has 1 atom stereocenters. The lowest BCUT2D eigenvalue weighted by Crippen LogP contribution is -2.26. The number of carbonyl (C=O) groups is 2. The lowest BCUT2D eigenvalue weighted by Gasteiger charge is -2.14. The molecule has 30 heavy (non-hydrogen) atoms. The molecule has 0 radical (unpaired) electrons. The maximum Gasteiger partial charge on any atom is 0.412 e. The molecule has 0 bridgehead atoms. The Kier molecular flexibility index (Phi) is 8.35. The van der Waals surface area contributed by atoms with Crippen molar-refractivity contribution in [2.45, 2.75) is 25.3 Å². The van der Waals surface area contributed by atoms with Crippen molar-refractivity contribution in [2.24, 2.45) is 0 Å². The third-order valence-corrected chi connectivity index (χ3v) is 5.08. The number of nitrogens with one attached hydrogen (secondary N) is 1. The average molecular weight is 435 g/mol. The van der Waals surface area contributed by atoms with E-state index in [2.05, 4.69) is 10.2 Å². The summed E-state index contributed by atoms with van der Waals surface area (Å²) in [6, 6.07) is 13.1. The van der Waals surface area contributed by atoms with E-state index in [1.165, 1.54) is 7.11 Å². The number of amides is 1. The zero-order valence-electron chi connectivity index (χ0n) is 17.3. The standard InChI is InChI=1S/C22H26N2O5.ClH/c1-24-14-16(9-12-20(25)28-3)21-18(24)5-4-6-19(21)29-22(26)23-13-15-7-10-17(27-2)11-8-15;/h4-8,10-11,16H,9,12-14H2,1-3H3,(H,23,26);1H. The molecule has 0 aromatic heterocycles. The van der Waals surface area contributed by atoms with Gasteiger partial charge in [0, 0.05) is 43.7 Å². The van der Waals surface area contributed by atoms with Crippen LogP contribution in [-0.2, 0) is 16.1 Å². The normalized spacial score (nSPS) is 14.4. The van der Waals surface area contributed by atoms with E-state index < -0.39 is 6.09 Å². The molecule has 162 valence electrons. The molecule has 0 saturated carbocycles. The molecule has 1 aliphatic rings. The fourth-order valence-corrected chi connectivity index (χ4v) is 3.57. The van der Waals surface area contributed by atoms with Crippen molar-refractivity contribution in [3.63, 3.8) is 0 Å². The number of fused-ring (bicyclic) bond motifs is 1. The molecule has 7 nitrogen and oxygen atoms in total. The van der Waals surface area contributed by atoms with Crippen molar-refractivity contribution in [3.05, 3.63) is 53.6 Å². The van der Waals surface area contributed by atoms with Gasteiger partial charge in [-0.2, -0.15) is 0 Å². The van der Waals surface area contributed by atoms with Crippen molar-refractivity contribution in [1.29, 1.82) is 0 Å². The first-order valence-corrected chi connectivity index (χ1v) is 9.51. The van der Waals surface area contributed by atoms with Crippen LogP contribution in [-0.4, -0.2) is 39.9 Å². The molecule has 1 unspecified atom stereocenters. The van der Waals surface area contributed by atoms with E-state index in [1.54, 1.807) is 13.2 Å². The maximum atomic E-state index is 12.4. The quantitative estimate of drug-likeness (QED) is 0.666. The van der Waals surface area contributed by atoms with Gasteiger partial charge in [-0.15, -0.1) is 12.4 Å². The second-order valence-corrected chi connectivity index (χ2v) is 6.97. The van der Waals surface area contributed by atoms with Gasteiger partial charge >= 0.3 is 12.1 Å². The smallest absolute Gasteiger partial charge is 0.412 e. The molecule has 2 aromatic rings. The van der Waals surface area contributed by atoms with E-state index in [-0.39, 0.29) is 24.3 Å². The summed E-state index contributed by atoms with van der Waals surface area (Å²) < 4.78 is 15.5. The molecule has 1 amide bonds. The van der Waals surface area contributed by atoms with Crippen LogP contribution in [0.5, 0.6) is 11.5 Å². The molecular weight excluding hydrogens is 408 g/mol. The number of nitrogens with zero attached hydrogens (tertiary/aromatic N) is 1. The summed E-state index contributed by atoms with van der Waals surface area (Å²) in [5.41, 5.74) is 2.91. The van der Waals surface area contributed by atoms with Crippen LogP contribution in [0.25, 0.3) is 0 Å². The van der Waals surface area contributed by atoms with Crippen LogP contribution in [0, 0.1) is 0 Å². The molecule has 1 heterocycles. The number of rotatable bonds is 7. The van der Waals surface area contributed by atoms with Gasteiger partial charge in [-0.1, -0.05) is 18.2 Å². The molecule has 1 aliphatic heterocycles. The predicted molar refractivity (Wildman–Crippen MR) is 117 cm³/mol. The number of hydrogen-bond donors (Lipinski definition) is 1. The monoisotopic (exact) mass is 434 g/mol. The largest absolute Gasteiger partial charge is 0.497 e. The zero-order valence-corrected chi connectivity index (χ0v) is 18.2. The Labute approximate surface area is 182 Å². The summed E-state index contributed by atoms with van der Waals surface area (Å²) in [7, 11) is 4.99. The molecular formula is C22H27ClN2O5. The lowest BCUT2D eigenvalue weighted by molar-refractivity contribution is -0.140. The molecule has 3 rings (SSSR count). The lowest BCUT2D eigenvalue weighted by atomic mass is 9.95. The van der Waals surface area contributed by atoms with Gasteiger partial charge in [0.05, 0.1) is 14.2 Å². The summed E-state index contributed by atoms with van der Waals surface area (Å²) in [5.74, 6) is 1.14. The zero-order chi connectivity index (χ0) is 20.8. The molecule has 0 aliphatic carbocycles. The van der Waals surface area contributed by atoms with Crippen molar-refractivity contribution in [1.82, 2.24) is 5.32 Å². The van der Waals surface area contributed by atoms with Crippen LogP contribution in [0.3, 0.4) is 0 Å². The number of methoxy groups -OCH3 is 2. The fraction of sp³-hybridized carbons (Fsp3) is 0.364. The first kappa shape index (κ1) is 23.3. The number of halogens is 1. The number of anilines is 1. The summed E-state index contributed by atoms with van der Waals surface area (Å²) >= 11 is 0. The Balaban J connectivity index is 0.00000320. The van der Waals surface area contributed by atoms with Gasteiger partial charge in [0.2, 0.25) is 0 Å². The van der Waals surface area contributed by atoms with Crippen molar-refractivity contribution in [2.75, 3.05) is 32.7 Å². The van der Waals surface area contributed by atoms with Crippen LogP contribution < -0.4 is 19.7 Å². The second-order valence-electron chi connectivity index (χ2n) is 6.97. The van der Waals surface area contributed by atoms with E-state index in [4.69, 9.17) is 14.2 Å². The minimum absolute atomic E-state index is 0. The molecule has 8 heteroatoms. The van der Waals surface area contributed by atoms with E-state index in [1.807, 2.05) is 43.4 Å². The Hall–Kier alpha value is -2.93. The SMILES string of the molecule is COC(=O)CCC1CN(C)c2cccc(OC(=O)NCc3ccc(OC)cc3)c21.Cl. The van der Waals surface area contributed by atoms with Gasteiger partial charge in [0.15, 0.2) is 0 Å². The Morgan fingerprint density at radius 3 is 2.53 bits per heavy atom. The van der Waals surface area contributed by atoms with E-state index >= 15 is 0 Å². The highest BCUT2D eigenvalue weighted by Gasteiger charge is 2.30. The summed E-state index contributed by atoms with van der Waals surface area (Å²) in [4.78, 5) is 26.0. The Bertz CT molecular complexity index is 872. The second kappa shape index (κ2) is 10.7. The van der Waals surface area contributed by atoms with Gasteiger partial charge in [-0.25, -0.2) is 4.79 Å². The molecule has 0 fully saturated rings. The molecule has 1 N–H and O–H groups in total. The van der Waals surface area contributed by atoms with Gasteiger partial charge in [0.25, 0.3) is 0 Å². The van der Waals surface area contributed by atoms with Gasteiger partial charge in [-0.05, 0) is 36.2 Å². The predicted octanol–water partition coefficient (Wildman–Crippen LogP) is 3.89. The maximum absolute atomic E-state index is 12.4. The fourth-order valence-electron chi connectivity index (χ4n) is 3.57. The van der Waals surface area contributed by atoms with Crippen LogP contribution in [0.2, 0.25) is 0 Å². The average Bonchev–Trinajstić information content (AvgIpc) is 3.07. The van der Waals surface area contributed by atoms with E-state index in [0.29, 0.717) is 25.1 Å². The summed E-state index contributed by atoms with van der Waals surface area (Å²) in [6.45, 7) is 1.11. The highest BCUT2D eigenvalue weighted by Crippen LogP contribution is 2.43.